The van der Waals surface area contributed by atoms with Crippen molar-refractivity contribution in [2.45, 2.75) is 0 Å². The van der Waals surface area contributed by atoms with Crippen molar-refractivity contribution in [1.29, 1.82) is 0 Å². The summed E-state index contributed by atoms with van der Waals surface area (Å²) in [6, 6.07) is 18.4. The molecule has 30 heavy (non-hydrogen) atoms. The van der Waals surface area contributed by atoms with E-state index in [0.717, 1.165) is 22.0 Å². The van der Waals surface area contributed by atoms with Crippen LogP contribution in [0.4, 0.5) is 5.69 Å². The normalized spacial score (nSPS) is 10.5. The number of anilines is 1. The monoisotopic (exact) mass is 417 g/mol. The van der Waals surface area contributed by atoms with Gasteiger partial charge in [-0.3, -0.25) is 9.78 Å². The van der Waals surface area contributed by atoms with Gasteiger partial charge in [-0.05, 0) is 42.5 Å². The summed E-state index contributed by atoms with van der Waals surface area (Å²) in [5.41, 5.74) is 3.75. The van der Waals surface area contributed by atoms with E-state index < -0.39 is 0 Å². The summed E-state index contributed by atoms with van der Waals surface area (Å²) in [6.45, 7) is 0. The molecule has 6 nitrogen and oxygen atoms in total. The van der Waals surface area contributed by atoms with Crippen LogP contribution >= 0.6 is 11.3 Å². The molecule has 0 fully saturated rings. The molecule has 2 heterocycles. The largest absolute Gasteiger partial charge is 0.493 e. The maximum Gasteiger partial charge on any atom is 0.255 e. The first-order chi connectivity index (χ1) is 14.7. The first kappa shape index (κ1) is 19.6. The number of benzene rings is 2. The average Bonchev–Trinajstić information content (AvgIpc) is 3.30. The van der Waals surface area contributed by atoms with Crippen molar-refractivity contribution in [1.82, 2.24) is 9.97 Å². The van der Waals surface area contributed by atoms with E-state index in [1.54, 1.807) is 31.5 Å². The minimum absolute atomic E-state index is 0.236. The van der Waals surface area contributed by atoms with Crippen LogP contribution < -0.4 is 14.8 Å². The van der Waals surface area contributed by atoms with E-state index >= 15 is 0 Å². The molecule has 4 rings (SSSR count). The molecule has 2 aromatic heterocycles. The number of nitrogens with one attached hydrogen (secondary N) is 1. The van der Waals surface area contributed by atoms with E-state index in [4.69, 9.17) is 9.47 Å². The summed E-state index contributed by atoms with van der Waals surface area (Å²) < 4.78 is 10.5. The topological polar surface area (TPSA) is 73.3 Å². The van der Waals surface area contributed by atoms with Gasteiger partial charge in [0, 0.05) is 28.4 Å². The number of nitrogens with zero attached hydrogens (tertiary/aromatic N) is 2. The van der Waals surface area contributed by atoms with Crippen LogP contribution in [0.2, 0.25) is 0 Å². The van der Waals surface area contributed by atoms with Gasteiger partial charge in [0.15, 0.2) is 11.5 Å². The van der Waals surface area contributed by atoms with Gasteiger partial charge in [-0.1, -0.05) is 18.2 Å². The number of hydrogen-bond donors (Lipinski definition) is 1. The van der Waals surface area contributed by atoms with Crippen molar-refractivity contribution in [2.24, 2.45) is 0 Å². The average molecular weight is 417 g/mol. The summed E-state index contributed by atoms with van der Waals surface area (Å²) in [7, 11) is 3.09. The maximum atomic E-state index is 12.7. The number of rotatable bonds is 6. The Balaban J connectivity index is 1.54. The third-order valence-electron chi connectivity index (χ3n) is 4.45. The summed E-state index contributed by atoms with van der Waals surface area (Å²) in [6.07, 6.45) is 1.75. The number of pyridine rings is 1. The fourth-order valence-corrected chi connectivity index (χ4v) is 3.75. The first-order valence-corrected chi connectivity index (χ1v) is 10.1. The smallest absolute Gasteiger partial charge is 0.255 e. The van der Waals surface area contributed by atoms with Gasteiger partial charge in [-0.2, -0.15) is 0 Å². The van der Waals surface area contributed by atoms with E-state index in [0.29, 0.717) is 22.7 Å². The SMILES string of the molecule is COc1ccc(C(=O)Nc2cccc(-c3csc(-c4ccccn4)n3)c2)cc1OC. The lowest BCUT2D eigenvalue weighted by Gasteiger charge is -2.10. The lowest BCUT2D eigenvalue weighted by atomic mass is 10.1. The molecule has 0 saturated carbocycles. The van der Waals surface area contributed by atoms with Crippen LogP contribution in [0, 0.1) is 0 Å². The molecule has 0 spiro atoms. The van der Waals surface area contributed by atoms with Gasteiger partial charge >= 0.3 is 0 Å². The number of methoxy groups -OCH3 is 2. The van der Waals surface area contributed by atoms with Gasteiger partial charge in [-0.25, -0.2) is 4.98 Å². The van der Waals surface area contributed by atoms with Crippen molar-refractivity contribution in [2.75, 3.05) is 19.5 Å². The number of hydrogen-bond acceptors (Lipinski definition) is 6. The number of carbonyl (C=O) groups is 1. The van der Waals surface area contributed by atoms with E-state index in [1.165, 1.54) is 18.4 Å². The highest BCUT2D eigenvalue weighted by atomic mass is 32.1. The van der Waals surface area contributed by atoms with Crippen molar-refractivity contribution >= 4 is 22.9 Å². The molecule has 4 aromatic rings. The zero-order valence-corrected chi connectivity index (χ0v) is 17.3. The number of carbonyl (C=O) groups excluding carboxylic acids is 1. The van der Waals surface area contributed by atoms with Crippen LogP contribution in [0.1, 0.15) is 10.4 Å². The van der Waals surface area contributed by atoms with Crippen molar-refractivity contribution in [3.63, 3.8) is 0 Å². The summed E-state index contributed by atoms with van der Waals surface area (Å²) in [5.74, 6) is 0.840. The highest BCUT2D eigenvalue weighted by Gasteiger charge is 2.12. The van der Waals surface area contributed by atoms with Crippen LogP contribution in [-0.4, -0.2) is 30.1 Å². The van der Waals surface area contributed by atoms with E-state index in [1.807, 2.05) is 47.8 Å². The lowest BCUT2D eigenvalue weighted by molar-refractivity contribution is 0.102. The Morgan fingerprint density at radius 3 is 2.57 bits per heavy atom. The molecule has 1 N–H and O–H groups in total. The summed E-state index contributed by atoms with van der Waals surface area (Å²) >= 11 is 1.53. The molecule has 0 aliphatic rings. The Hall–Kier alpha value is -3.71. The molecule has 2 aromatic carbocycles. The van der Waals surface area contributed by atoms with Gasteiger partial charge in [0.05, 0.1) is 25.6 Å². The fraction of sp³-hybridized carbons (Fsp3) is 0.0870. The summed E-state index contributed by atoms with van der Waals surface area (Å²) in [4.78, 5) is 21.7. The molecule has 0 aliphatic heterocycles. The van der Waals surface area contributed by atoms with E-state index in [2.05, 4.69) is 15.3 Å². The molecule has 0 unspecified atom stereocenters. The Labute approximate surface area is 178 Å². The van der Waals surface area contributed by atoms with Gasteiger partial charge < -0.3 is 14.8 Å². The highest BCUT2D eigenvalue weighted by molar-refractivity contribution is 7.13. The van der Waals surface area contributed by atoms with Crippen molar-refractivity contribution in [3.8, 4) is 33.5 Å². The second-order valence-corrected chi connectivity index (χ2v) is 7.22. The van der Waals surface area contributed by atoms with Crippen LogP contribution in [0.5, 0.6) is 11.5 Å². The quantitative estimate of drug-likeness (QED) is 0.470. The minimum Gasteiger partial charge on any atom is -0.493 e. The molecule has 0 saturated heterocycles. The molecule has 0 atom stereocenters. The fourth-order valence-electron chi connectivity index (χ4n) is 2.95. The second kappa shape index (κ2) is 8.75. The summed E-state index contributed by atoms with van der Waals surface area (Å²) in [5, 5.41) is 5.76. The van der Waals surface area contributed by atoms with Crippen LogP contribution in [0.3, 0.4) is 0 Å². The Morgan fingerprint density at radius 2 is 1.80 bits per heavy atom. The second-order valence-electron chi connectivity index (χ2n) is 6.36. The van der Waals surface area contributed by atoms with Crippen molar-refractivity contribution < 1.29 is 14.3 Å². The van der Waals surface area contributed by atoms with Crippen molar-refractivity contribution in [3.05, 3.63) is 77.8 Å². The molecular formula is C23H19N3O3S. The first-order valence-electron chi connectivity index (χ1n) is 9.18. The molecule has 7 heteroatoms. The van der Waals surface area contributed by atoms with Gasteiger partial charge in [0.1, 0.15) is 5.01 Å². The molecule has 1 amide bonds. The third-order valence-corrected chi connectivity index (χ3v) is 5.31. The van der Waals surface area contributed by atoms with Crippen LogP contribution in [0.25, 0.3) is 22.0 Å². The van der Waals surface area contributed by atoms with E-state index in [-0.39, 0.29) is 5.91 Å². The van der Waals surface area contributed by atoms with Crippen LogP contribution in [-0.2, 0) is 0 Å². The third kappa shape index (κ3) is 4.16. The Kier molecular flexibility index (Phi) is 5.72. The zero-order chi connectivity index (χ0) is 20.9. The Bertz CT molecular complexity index is 1180. The standard InChI is InChI=1S/C23H19N3O3S/c1-28-20-10-9-16(13-21(20)29-2)22(27)25-17-7-5-6-15(12-17)19-14-30-23(26-19)18-8-3-4-11-24-18/h3-14H,1-2H3,(H,25,27). The predicted octanol–water partition coefficient (Wildman–Crippen LogP) is 5.14. The highest BCUT2D eigenvalue weighted by Crippen LogP contribution is 2.30. The molecule has 0 radical (unpaired) electrons. The van der Waals surface area contributed by atoms with Gasteiger partial charge in [0.2, 0.25) is 0 Å². The molecule has 0 aliphatic carbocycles. The number of ether oxygens (including phenoxy) is 2. The molecule has 150 valence electrons. The van der Waals surface area contributed by atoms with Gasteiger partial charge in [0.25, 0.3) is 5.91 Å². The van der Waals surface area contributed by atoms with Gasteiger partial charge in [-0.15, -0.1) is 11.3 Å². The van der Waals surface area contributed by atoms with E-state index in [9.17, 15) is 4.79 Å². The molecular weight excluding hydrogens is 398 g/mol. The number of thiazole rings is 1. The minimum atomic E-state index is -0.236. The zero-order valence-electron chi connectivity index (χ0n) is 16.5. The predicted molar refractivity (Wildman–Crippen MR) is 118 cm³/mol. The maximum absolute atomic E-state index is 12.7. The Morgan fingerprint density at radius 1 is 0.933 bits per heavy atom. The number of aromatic nitrogens is 2. The number of amides is 1. The molecule has 0 bridgehead atoms. The van der Waals surface area contributed by atoms with Crippen LogP contribution in [0.15, 0.2) is 72.2 Å². The lowest BCUT2D eigenvalue weighted by Crippen LogP contribution is -2.12.